The molecule has 26 heteroatoms. The Kier molecular flexibility index (Phi) is 23.8. The summed E-state index contributed by atoms with van der Waals surface area (Å²) in [5.41, 5.74) is 4.89. The van der Waals surface area contributed by atoms with E-state index < -0.39 is 101 Å². The van der Waals surface area contributed by atoms with Gasteiger partial charge >= 0.3 is 17.8 Å². The highest BCUT2D eigenvalue weighted by atomic mass is 16.7. The van der Waals surface area contributed by atoms with Gasteiger partial charge in [-0.1, -0.05) is 84.4 Å². The van der Waals surface area contributed by atoms with Gasteiger partial charge in [0.15, 0.2) is 22.3 Å². The molecule has 10 atom stereocenters. The zero-order valence-electron chi connectivity index (χ0n) is 56.3. The zero-order chi connectivity index (χ0) is 70.7. The van der Waals surface area contributed by atoms with Crippen LogP contribution in [0.3, 0.4) is 0 Å². The molecule has 3 aliphatic rings. The van der Waals surface area contributed by atoms with Crippen molar-refractivity contribution in [1.82, 2.24) is 25.8 Å². The van der Waals surface area contributed by atoms with Crippen molar-refractivity contribution in [2.45, 2.75) is 157 Å². The second-order valence-electron chi connectivity index (χ2n) is 25.5. The van der Waals surface area contributed by atoms with Crippen LogP contribution in [0, 0.1) is 36.5 Å². The van der Waals surface area contributed by atoms with Crippen LogP contribution in [0.25, 0.3) is 33.0 Å². The lowest BCUT2D eigenvalue weighted by Gasteiger charge is -2.36. The molecule has 4 heterocycles. The molecule has 3 aliphatic heterocycles. The van der Waals surface area contributed by atoms with E-state index in [2.05, 4.69) is 26.6 Å². The normalized spacial score (nSPS) is 23.3. The number of rotatable bonds is 21. The minimum atomic E-state index is -2.14. The molecular formula is C71H86N8O18. The molecule has 0 saturated carbocycles. The molecule has 0 radical (unpaired) electrons. The van der Waals surface area contributed by atoms with Crippen molar-refractivity contribution >= 4 is 97.6 Å². The molecule has 4 aromatic carbocycles. The minimum Gasteiger partial charge on any atom is -0.505 e. The number of aromatic nitrogens is 1. The number of imide groups is 1. The lowest BCUT2D eigenvalue weighted by atomic mass is 9.79. The lowest BCUT2D eigenvalue weighted by molar-refractivity contribution is -0.159. The summed E-state index contributed by atoms with van der Waals surface area (Å²) in [5, 5.41) is 37.1. The van der Waals surface area contributed by atoms with E-state index in [-0.39, 0.29) is 135 Å². The van der Waals surface area contributed by atoms with E-state index in [1.807, 2.05) is 19.9 Å². The van der Waals surface area contributed by atoms with E-state index in [1.54, 1.807) is 89.2 Å². The maximum absolute atomic E-state index is 15.1. The Morgan fingerprint density at radius 1 is 0.887 bits per heavy atom. The van der Waals surface area contributed by atoms with Gasteiger partial charge in [-0.15, -0.1) is 0 Å². The van der Waals surface area contributed by atoms with Crippen molar-refractivity contribution in [3.05, 3.63) is 118 Å². The first kappa shape index (κ1) is 72.9. The number of anilines is 2. The number of hydrogen-bond acceptors (Lipinski definition) is 19. The molecular weight excluding hydrogens is 1250 g/mol. The van der Waals surface area contributed by atoms with Crippen LogP contribution in [-0.4, -0.2) is 130 Å². The fourth-order valence-corrected chi connectivity index (χ4v) is 12.3. The van der Waals surface area contributed by atoms with Gasteiger partial charge in [-0.2, -0.15) is 0 Å². The number of aromatic hydroxyl groups is 1. The number of Topliss-reactive ketones (excluding diaryl/α,β-unsaturated/α-hetero) is 1. The number of amides is 8. The summed E-state index contributed by atoms with van der Waals surface area (Å²) in [4.78, 5) is 139. The largest absolute Gasteiger partial charge is 0.505 e. The number of primary amides is 1. The van der Waals surface area contributed by atoms with Crippen LogP contribution in [0.2, 0.25) is 0 Å². The molecule has 8 rings (SSSR count). The Labute approximate surface area is 560 Å². The number of nitrogens with two attached hydrogens (primary N) is 1. The molecule has 9 N–H and O–H groups in total. The van der Waals surface area contributed by atoms with E-state index in [4.69, 9.17) is 38.8 Å². The second kappa shape index (κ2) is 31.7. The maximum atomic E-state index is 15.1. The molecule has 97 heavy (non-hydrogen) atoms. The first-order valence-corrected chi connectivity index (χ1v) is 32.4. The fraction of sp³-hybridized carbons (Fsp3) is 0.451. The van der Waals surface area contributed by atoms with Crippen LogP contribution >= 0.6 is 0 Å². The van der Waals surface area contributed by atoms with Crippen molar-refractivity contribution in [3.8, 4) is 17.2 Å². The molecule has 0 spiro atoms. The summed E-state index contributed by atoms with van der Waals surface area (Å²) in [6.45, 7) is 16.8. The van der Waals surface area contributed by atoms with Crippen molar-refractivity contribution < 1.29 is 81.5 Å². The first-order valence-electron chi connectivity index (χ1n) is 32.4. The van der Waals surface area contributed by atoms with Crippen LogP contribution < -0.4 is 47.2 Å². The highest BCUT2D eigenvalue weighted by molar-refractivity contribution is 6.26. The van der Waals surface area contributed by atoms with E-state index in [9.17, 15) is 53.4 Å². The van der Waals surface area contributed by atoms with Crippen molar-refractivity contribution in [3.63, 3.8) is 0 Å². The van der Waals surface area contributed by atoms with Crippen LogP contribution in [0.1, 0.15) is 129 Å². The van der Waals surface area contributed by atoms with Gasteiger partial charge in [-0.3, -0.25) is 48.1 Å². The average molecular weight is 1340 g/mol. The molecule has 1 aromatic heterocycles. The molecule has 26 nitrogen and oxygen atoms in total. The van der Waals surface area contributed by atoms with Gasteiger partial charge in [0, 0.05) is 86.7 Å². The SMILES string of the molecule is CO[C@H]1/C=C/O[C@@]2(C)Oc3c(C)c(=O)c4c(O)c(c5oc6cccc(OCc7ccc(NC(=O)[C@H](CCCNC(N)=O)NC(=O)C(NC(=O)CCCCCN8C(=O)C=CC8=O)C(C)C)cc7)c6nc5c4c3C2=O)NC(=O)/C(C)=C\C=C\[C@H](C)C[C@@H](C)[C@@H](O)[C@@H](C)[C@H](OC(C)=O)[C@@H]1C. The minimum absolute atomic E-state index is 0.0717. The number of esters is 1. The number of unbranched alkanes of at least 4 members (excludes halogenated alkanes) is 2. The fourth-order valence-electron chi connectivity index (χ4n) is 12.3. The van der Waals surface area contributed by atoms with Gasteiger partial charge in [0.25, 0.3) is 23.5 Å². The molecule has 1 unspecified atom stereocenters. The monoisotopic (exact) mass is 1340 g/mol. The number of ketones is 1. The summed E-state index contributed by atoms with van der Waals surface area (Å²) in [6.07, 6.45) is 10.1. The summed E-state index contributed by atoms with van der Waals surface area (Å²) in [6, 6.07) is 8.49. The molecule has 5 aromatic rings. The number of benzene rings is 4. The predicted octanol–water partition coefficient (Wildman–Crippen LogP) is 8.10. The van der Waals surface area contributed by atoms with Crippen LogP contribution in [0.15, 0.2) is 100.0 Å². The number of aliphatic hydroxyl groups excluding tert-OH is 1. The lowest BCUT2D eigenvalue weighted by Crippen LogP contribution is -2.54. The van der Waals surface area contributed by atoms with E-state index in [0.717, 1.165) is 4.90 Å². The highest BCUT2D eigenvalue weighted by Crippen LogP contribution is 2.49. The second-order valence-corrected chi connectivity index (χ2v) is 25.5. The number of phenols is 1. The molecule has 0 fully saturated rings. The molecule has 518 valence electrons. The third-order valence-electron chi connectivity index (χ3n) is 17.7. The Hall–Kier alpha value is -9.95. The smallest absolute Gasteiger partial charge is 0.312 e. The summed E-state index contributed by atoms with van der Waals surface area (Å²) in [5.74, 6) is -9.18. The third-order valence-corrected chi connectivity index (χ3v) is 17.7. The third kappa shape index (κ3) is 17.0. The van der Waals surface area contributed by atoms with Gasteiger partial charge in [-0.25, -0.2) is 9.78 Å². The topological polar surface area (TPSA) is 373 Å². The zero-order valence-corrected chi connectivity index (χ0v) is 56.3. The Balaban J connectivity index is 1.07. The molecule has 8 amide bonds. The first-order chi connectivity index (χ1) is 46.0. The van der Waals surface area contributed by atoms with Gasteiger partial charge in [0.2, 0.25) is 17.7 Å². The number of nitrogens with zero attached hydrogens (tertiary/aromatic N) is 2. The van der Waals surface area contributed by atoms with Gasteiger partial charge < -0.3 is 70.6 Å². The van der Waals surface area contributed by atoms with Crippen LogP contribution in [-0.2, 0) is 54.4 Å². The summed E-state index contributed by atoms with van der Waals surface area (Å²) in [7, 11) is 1.45. The number of para-hydroxylation sites is 1. The predicted molar refractivity (Wildman–Crippen MR) is 360 cm³/mol. The quantitative estimate of drug-likeness (QED) is 0.00858. The Bertz CT molecular complexity index is 4050. The average Bonchev–Trinajstić information content (AvgIpc) is 1.62. The maximum Gasteiger partial charge on any atom is 0.312 e. The van der Waals surface area contributed by atoms with Gasteiger partial charge in [-0.05, 0) is 99.6 Å². The molecule has 0 saturated heterocycles. The number of fused-ring (bicyclic) bond motifs is 2. The Morgan fingerprint density at radius 2 is 1.60 bits per heavy atom. The number of carbonyl (C=O) groups excluding carboxylic acids is 9. The number of methoxy groups -OCH3 is 1. The number of ether oxygens (including phenoxy) is 5. The number of carbonyl (C=O) groups is 9. The number of hydrogen-bond donors (Lipinski definition) is 8. The molecule has 0 aliphatic carbocycles. The molecule has 4 bridgehead atoms. The number of phenolic OH excluding ortho intramolecular Hbond substituents is 1. The van der Waals surface area contributed by atoms with Crippen LogP contribution in [0.4, 0.5) is 16.2 Å². The highest BCUT2D eigenvalue weighted by Gasteiger charge is 2.50. The summed E-state index contributed by atoms with van der Waals surface area (Å²) >= 11 is 0. The summed E-state index contributed by atoms with van der Waals surface area (Å²) < 4.78 is 37.2. The van der Waals surface area contributed by atoms with E-state index in [0.29, 0.717) is 36.9 Å². The van der Waals surface area contributed by atoms with Crippen LogP contribution in [0.5, 0.6) is 17.2 Å². The number of allylic oxidation sites excluding steroid dienone is 3. The number of urea groups is 1. The van der Waals surface area contributed by atoms with E-state index in [1.165, 1.54) is 52.4 Å². The van der Waals surface area contributed by atoms with Gasteiger partial charge in [0.05, 0.1) is 29.4 Å². The van der Waals surface area contributed by atoms with Crippen molar-refractivity contribution in [2.24, 2.45) is 35.3 Å². The standard InChI is InChI=1S/C71H86N8O18/c1-36(2)56(76-50(81)23-13-12-14-32-79-51(82)28-29-52(79)83)69(90)75-46(20-17-31-73-70(72)91)68(89)74-45-26-24-44(25-27-45)35-93-48-21-16-22-49-57(48)77-58-53-54-61(85)42(8)64-55(53)66(87)71(10,97-64)94-33-30-47(92-11)40(6)63(95-43(9)80)41(7)60(84)39(5)34-37(3)18-15-19-38(4)67(88)78-59(62(54)86)65(58)96-49/h15-16,18-19,21-22,24-30,33,36-37,39-41,46-47,56,60,63,84,86H,12-14,17,20,23,31-32,34-35H2,1-11H3,(H,74,89)(H,75,90)(H,76,81)(H,78,88)(H3,72,73,91)/b18-15+,33-30+,38-19-/t37-,39+,40+,41+,46-,47-,56?,60+,63+,71-/m0/s1. The Morgan fingerprint density at radius 3 is 2.27 bits per heavy atom. The van der Waals surface area contributed by atoms with E-state index >= 15 is 4.79 Å². The van der Waals surface area contributed by atoms with Crippen molar-refractivity contribution in [1.29, 1.82) is 0 Å². The van der Waals surface area contributed by atoms with Crippen molar-refractivity contribution in [2.75, 3.05) is 30.8 Å². The number of nitrogens with one attached hydrogen (secondary N) is 5. The van der Waals surface area contributed by atoms with Gasteiger partial charge in [0.1, 0.15) is 53.0 Å². The number of aliphatic hydroxyl groups is 1.